The van der Waals surface area contributed by atoms with Gasteiger partial charge in [0.1, 0.15) is 0 Å². The molecule has 0 radical (unpaired) electrons. The van der Waals surface area contributed by atoms with Gasteiger partial charge in [-0.05, 0) is 43.8 Å². The van der Waals surface area contributed by atoms with E-state index in [9.17, 15) is 0 Å². The molecule has 2 heterocycles. The van der Waals surface area contributed by atoms with Gasteiger partial charge in [-0.1, -0.05) is 36.4 Å². The van der Waals surface area contributed by atoms with Crippen LogP contribution in [-0.2, 0) is 13.0 Å². The van der Waals surface area contributed by atoms with Gasteiger partial charge in [0.15, 0.2) is 11.5 Å². The van der Waals surface area contributed by atoms with Gasteiger partial charge in [0.25, 0.3) is 0 Å². The molecule has 2 aromatic carbocycles. The standard InChI is InChI=1S/C23H27N3O3/c1-25(2)11-6-12-27-23-15-20(13-18-7-4-3-5-8-18)24-26(23)16-19-9-10-21-22(14-19)29-17-28-21/h3-5,7-10,14-15H,6,11-13,16-17H2,1-2H3. The Labute approximate surface area is 171 Å². The number of benzene rings is 2. The van der Waals surface area contributed by atoms with Crippen molar-refractivity contribution in [3.05, 3.63) is 71.4 Å². The summed E-state index contributed by atoms with van der Waals surface area (Å²) in [6, 6.07) is 18.4. The van der Waals surface area contributed by atoms with Crippen LogP contribution < -0.4 is 14.2 Å². The van der Waals surface area contributed by atoms with Gasteiger partial charge in [-0.3, -0.25) is 0 Å². The monoisotopic (exact) mass is 393 g/mol. The first kappa shape index (κ1) is 19.3. The van der Waals surface area contributed by atoms with Crippen molar-refractivity contribution >= 4 is 0 Å². The van der Waals surface area contributed by atoms with E-state index in [-0.39, 0.29) is 6.79 Å². The molecular formula is C23H27N3O3. The van der Waals surface area contributed by atoms with Gasteiger partial charge in [-0.15, -0.1) is 0 Å². The van der Waals surface area contributed by atoms with E-state index in [0.29, 0.717) is 13.2 Å². The van der Waals surface area contributed by atoms with E-state index < -0.39 is 0 Å². The van der Waals surface area contributed by atoms with Crippen LogP contribution in [0.25, 0.3) is 0 Å². The summed E-state index contributed by atoms with van der Waals surface area (Å²) in [6.45, 7) is 2.55. The first-order valence-corrected chi connectivity index (χ1v) is 9.94. The van der Waals surface area contributed by atoms with Crippen molar-refractivity contribution in [1.82, 2.24) is 14.7 Å². The van der Waals surface area contributed by atoms with Crippen LogP contribution >= 0.6 is 0 Å². The predicted octanol–water partition coefficient (Wildman–Crippen LogP) is 3.58. The highest BCUT2D eigenvalue weighted by Gasteiger charge is 2.15. The largest absolute Gasteiger partial charge is 0.478 e. The van der Waals surface area contributed by atoms with Gasteiger partial charge < -0.3 is 19.1 Å². The third-order valence-electron chi connectivity index (χ3n) is 4.79. The zero-order valence-corrected chi connectivity index (χ0v) is 17.0. The minimum Gasteiger partial charge on any atom is -0.478 e. The van der Waals surface area contributed by atoms with Gasteiger partial charge in [-0.2, -0.15) is 5.10 Å². The van der Waals surface area contributed by atoms with Gasteiger partial charge >= 0.3 is 0 Å². The highest BCUT2D eigenvalue weighted by molar-refractivity contribution is 5.44. The summed E-state index contributed by atoms with van der Waals surface area (Å²) in [5, 5.41) is 4.82. The van der Waals surface area contributed by atoms with Crippen LogP contribution in [0.4, 0.5) is 0 Å². The van der Waals surface area contributed by atoms with Crippen LogP contribution in [0, 0.1) is 0 Å². The van der Waals surface area contributed by atoms with Crippen LogP contribution in [0.2, 0.25) is 0 Å². The number of nitrogens with zero attached hydrogens (tertiary/aromatic N) is 3. The molecule has 1 aliphatic heterocycles. The van der Waals surface area contributed by atoms with Gasteiger partial charge in [0.2, 0.25) is 12.7 Å². The minimum absolute atomic E-state index is 0.280. The Morgan fingerprint density at radius 1 is 1.00 bits per heavy atom. The molecule has 1 aromatic heterocycles. The molecule has 0 saturated heterocycles. The van der Waals surface area contributed by atoms with Crippen LogP contribution in [0.5, 0.6) is 17.4 Å². The lowest BCUT2D eigenvalue weighted by molar-refractivity contribution is 0.174. The van der Waals surface area contributed by atoms with Crippen molar-refractivity contribution in [3.63, 3.8) is 0 Å². The first-order chi connectivity index (χ1) is 14.2. The average Bonchev–Trinajstić information content (AvgIpc) is 3.32. The van der Waals surface area contributed by atoms with Gasteiger partial charge in [0.05, 0.1) is 18.8 Å². The number of hydrogen-bond donors (Lipinski definition) is 0. The number of fused-ring (bicyclic) bond motifs is 1. The molecule has 152 valence electrons. The molecule has 1 aliphatic rings. The molecule has 0 amide bonds. The molecular weight excluding hydrogens is 366 g/mol. The number of ether oxygens (including phenoxy) is 3. The quantitative estimate of drug-likeness (QED) is 0.520. The Morgan fingerprint density at radius 2 is 1.83 bits per heavy atom. The predicted molar refractivity (Wildman–Crippen MR) is 112 cm³/mol. The average molecular weight is 393 g/mol. The lowest BCUT2D eigenvalue weighted by atomic mass is 10.1. The Bertz CT molecular complexity index is 938. The summed E-state index contributed by atoms with van der Waals surface area (Å²) in [6.07, 6.45) is 1.75. The Morgan fingerprint density at radius 3 is 2.66 bits per heavy atom. The van der Waals surface area contributed by atoms with Gasteiger partial charge in [0, 0.05) is 19.0 Å². The molecule has 29 heavy (non-hydrogen) atoms. The molecule has 0 atom stereocenters. The smallest absolute Gasteiger partial charge is 0.231 e. The van der Waals surface area contributed by atoms with E-state index in [0.717, 1.165) is 48.0 Å². The molecule has 0 unspecified atom stereocenters. The zero-order valence-electron chi connectivity index (χ0n) is 17.0. The second-order valence-corrected chi connectivity index (χ2v) is 7.49. The summed E-state index contributed by atoms with van der Waals surface area (Å²) < 4.78 is 18.9. The molecule has 0 fully saturated rings. The summed E-state index contributed by atoms with van der Waals surface area (Å²) in [5.74, 6) is 2.37. The Balaban J connectivity index is 1.51. The van der Waals surface area contributed by atoms with Crippen molar-refractivity contribution in [1.29, 1.82) is 0 Å². The Kier molecular flexibility index (Phi) is 6.00. The van der Waals surface area contributed by atoms with E-state index in [1.807, 2.05) is 28.9 Å². The van der Waals surface area contributed by atoms with Crippen molar-refractivity contribution < 1.29 is 14.2 Å². The highest BCUT2D eigenvalue weighted by Crippen LogP contribution is 2.33. The molecule has 0 saturated carbocycles. The number of rotatable bonds is 9. The second-order valence-electron chi connectivity index (χ2n) is 7.49. The van der Waals surface area contributed by atoms with E-state index in [1.54, 1.807) is 0 Å². The lowest BCUT2D eigenvalue weighted by Crippen LogP contribution is -2.16. The van der Waals surface area contributed by atoms with Crippen LogP contribution in [-0.4, -0.2) is 48.7 Å². The number of hydrogen-bond acceptors (Lipinski definition) is 5. The highest BCUT2D eigenvalue weighted by atomic mass is 16.7. The summed E-state index contributed by atoms with van der Waals surface area (Å²) in [5.41, 5.74) is 3.33. The van der Waals surface area contributed by atoms with Crippen molar-refractivity contribution in [2.24, 2.45) is 0 Å². The van der Waals surface area contributed by atoms with Crippen molar-refractivity contribution in [2.45, 2.75) is 19.4 Å². The van der Waals surface area contributed by atoms with E-state index in [4.69, 9.17) is 19.3 Å². The maximum absolute atomic E-state index is 6.09. The fraction of sp³-hybridized carbons (Fsp3) is 0.348. The second kappa shape index (κ2) is 9.01. The third-order valence-corrected chi connectivity index (χ3v) is 4.79. The molecule has 3 aromatic rings. The molecule has 0 bridgehead atoms. The normalized spacial score (nSPS) is 12.5. The molecule has 0 spiro atoms. The molecule has 4 rings (SSSR count). The third kappa shape index (κ3) is 5.09. The van der Waals surface area contributed by atoms with Crippen LogP contribution in [0.1, 0.15) is 23.2 Å². The summed E-state index contributed by atoms with van der Waals surface area (Å²) in [7, 11) is 4.14. The van der Waals surface area contributed by atoms with Crippen molar-refractivity contribution in [3.8, 4) is 17.4 Å². The molecule has 6 heteroatoms. The molecule has 6 nitrogen and oxygen atoms in total. The fourth-order valence-electron chi connectivity index (χ4n) is 3.34. The van der Waals surface area contributed by atoms with Crippen molar-refractivity contribution in [2.75, 3.05) is 34.0 Å². The SMILES string of the molecule is CN(C)CCCOc1cc(Cc2ccccc2)nn1Cc1ccc2c(c1)OCO2. The Hall–Kier alpha value is -2.99. The zero-order chi connectivity index (χ0) is 20.1. The van der Waals surface area contributed by atoms with E-state index >= 15 is 0 Å². The number of aromatic nitrogens is 2. The fourth-order valence-corrected chi connectivity index (χ4v) is 3.34. The van der Waals surface area contributed by atoms with E-state index in [1.165, 1.54) is 5.56 Å². The van der Waals surface area contributed by atoms with Crippen LogP contribution in [0.3, 0.4) is 0 Å². The minimum atomic E-state index is 0.280. The maximum atomic E-state index is 6.09. The first-order valence-electron chi connectivity index (χ1n) is 9.94. The van der Waals surface area contributed by atoms with Gasteiger partial charge in [-0.25, -0.2) is 4.68 Å². The molecule has 0 aliphatic carbocycles. The van der Waals surface area contributed by atoms with Crippen LogP contribution in [0.15, 0.2) is 54.6 Å². The maximum Gasteiger partial charge on any atom is 0.231 e. The summed E-state index contributed by atoms with van der Waals surface area (Å²) in [4.78, 5) is 2.16. The summed E-state index contributed by atoms with van der Waals surface area (Å²) >= 11 is 0. The van der Waals surface area contributed by atoms with E-state index in [2.05, 4.69) is 49.3 Å². The lowest BCUT2D eigenvalue weighted by Gasteiger charge is -2.12. The molecule has 0 N–H and O–H groups in total. The topological polar surface area (TPSA) is 48.8 Å².